The highest BCUT2D eigenvalue weighted by molar-refractivity contribution is 5.90. The topological polar surface area (TPSA) is 52.1 Å². The molecule has 16 heavy (non-hydrogen) atoms. The van der Waals surface area contributed by atoms with Gasteiger partial charge >= 0.3 is 5.97 Å². The lowest BCUT2D eigenvalue weighted by Gasteiger charge is -2.02. The van der Waals surface area contributed by atoms with Crippen LogP contribution in [0.1, 0.15) is 10.4 Å². The van der Waals surface area contributed by atoms with Crippen LogP contribution in [-0.2, 0) is 4.74 Å². The summed E-state index contributed by atoms with van der Waals surface area (Å²) in [6.45, 7) is 0. The Kier molecular flexibility index (Phi) is 2.91. The smallest absolute Gasteiger partial charge is 0.337 e. The Bertz CT molecular complexity index is 497. The van der Waals surface area contributed by atoms with Crippen molar-refractivity contribution < 1.29 is 9.53 Å². The van der Waals surface area contributed by atoms with Gasteiger partial charge in [0.1, 0.15) is 0 Å². The van der Waals surface area contributed by atoms with E-state index in [4.69, 9.17) is 0 Å². The Morgan fingerprint density at radius 1 is 1.19 bits per heavy atom. The highest BCUT2D eigenvalue weighted by Gasteiger charge is 2.07. The third-order valence-corrected chi connectivity index (χ3v) is 2.16. The lowest BCUT2D eigenvalue weighted by molar-refractivity contribution is 0.0600. The second kappa shape index (κ2) is 4.53. The first kappa shape index (κ1) is 10.3. The number of hydrogen-bond donors (Lipinski definition) is 0. The van der Waals surface area contributed by atoms with Crippen LogP contribution >= 0.6 is 0 Å². The van der Waals surface area contributed by atoms with Crippen LogP contribution in [0.4, 0.5) is 0 Å². The summed E-state index contributed by atoms with van der Waals surface area (Å²) in [4.78, 5) is 19.5. The number of pyridine rings is 2. The average molecular weight is 214 g/mol. The minimum atomic E-state index is -0.363. The highest BCUT2D eigenvalue weighted by Crippen LogP contribution is 2.16. The van der Waals surface area contributed by atoms with Gasteiger partial charge in [-0.15, -0.1) is 0 Å². The van der Waals surface area contributed by atoms with E-state index < -0.39 is 0 Å². The minimum absolute atomic E-state index is 0.363. The van der Waals surface area contributed by atoms with Crippen molar-refractivity contribution in [2.75, 3.05) is 7.11 Å². The summed E-state index contributed by atoms with van der Waals surface area (Å²) < 4.78 is 4.65. The second-order valence-electron chi connectivity index (χ2n) is 3.16. The molecule has 0 bridgehead atoms. The second-order valence-corrected chi connectivity index (χ2v) is 3.16. The van der Waals surface area contributed by atoms with Crippen molar-refractivity contribution in [3.8, 4) is 11.3 Å². The normalized spacial score (nSPS) is 9.81. The Labute approximate surface area is 92.9 Å². The van der Waals surface area contributed by atoms with Gasteiger partial charge in [-0.25, -0.2) is 4.79 Å². The monoisotopic (exact) mass is 214 g/mol. The molecule has 2 aromatic heterocycles. The van der Waals surface area contributed by atoms with Crippen LogP contribution in [0, 0.1) is 0 Å². The maximum atomic E-state index is 11.3. The number of esters is 1. The summed E-state index contributed by atoms with van der Waals surface area (Å²) in [6, 6.07) is 6.99. The molecule has 0 aliphatic rings. The lowest BCUT2D eigenvalue weighted by Crippen LogP contribution is -2.01. The summed E-state index contributed by atoms with van der Waals surface area (Å²) in [5, 5.41) is 0. The van der Waals surface area contributed by atoms with Crippen molar-refractivity contribution in [2.24, 2.45) is 0 Å². The number of rotatable bonds is 2. The van der Waals surface area contributed by atoms with Gasteiger partial charge in [-0.1, -0.05) is 0 Å². The van der Waals surface area contributed by atoms with Gasteiger partial charge < -0.3 is 4.74 Å². The molecule has 0 fully saturated rings. The summed E-state index contributed by atoms with van der Waals surface area (Å²) in [6.07, 6.45) is 4.95. The van der Waals surface area contributed by atoms with Gasteiger partial charge in [0.2, 0.25) is 0 Å². The molecule has 0 unspecified atom stereocenters. The number of ether oxygens (including phenoxy) is 1. The predicted octanol–water partition coefficient (Wildman–Crippen LogP) is 1.93. The van der Waals surface area contributed by atoms with E-state index in [-0.39, 0.29) is 5.97 Å². The van der Waals surface area contributed by atoms with Crippen LogP contribution in [0.15, 0.2) is 42.9 Å². The lowest BCUT2D eigenvalue weighted by atomic mass is 10.1. The number of carbonyl (C=O) groups excluding carboxylic acids is 1. The minimum Gasteiger partial charge on any atom is -0.465 e. The van der Waals surface area contributed by atoms with E-state index in [1.807, 2.05) is 12.1 Å². The molecular formula is C12H10N2O2. The van der Waals surface area contributed by atoms with E-state index >= 15 is 0 Å². The summed E-state index contributed by atoms with van der Waals surface area (Å²) in [5.41, 5.74) is 2.13. The van der Waals surface area contributed by atoms with Gasteiger partial charge in [0.25, 0.3) is 0 Å². The molecule has 0 N–H and O–H groups in total. The number of aromatic nitrogens is 2. The summed E-state index contributed by atoms with van der Waals surface area (Å²) >= 11 is 0. The van der Waals surface area contributed by atoms with Crippen molar-refractivity contribution in [3.05, 3.63) is 48.4 Å². The molecule has 0 radical (unpaired) electrons. The molecule has 0 aliphatic heterocycles. The molecule has 4 nitrogen and oxygen atoms in total. The van der Waals surface area contributed by atoms with E-state index in [1.54, 1.807) is 30.7 Å². The highest BCUT2D eigenvalue weighted by atomic mass is 16.5. The molecule has 0 saturated heterocycles. The van der Waals surface area contributed by atoms with Gasteiger partial charge in [-0.3, -0.25) is 9.97 Å². The maximum absolute atomic E-state index is 11.3. The molecule has 2 rings (SSSR count). The Morgan fingerprint density at radius 2 is 1.94 bits per heavy atom. The van der Waals surface area contributed by atoms with E-state index in [2.05, 4.69) is 14.7 Å². The van der Waals surface area contributed by atoms with Crippen molar-refractivity contribution >= 4 is 5.97 Å². The standard InChI is InChI=1S/C12H10N2O2/c1-16-12(15)10-4-7-14-11(8-10)9-2-5-13-6-3-9/h2-8H,1H3. The van der Waals surface area contributed by atoms with E-state index in [9.17, 15) is 4.79 Å². The Hall–Kier alpha value is -2.23. The van der Waals surface area contributed by atoms with Crippen molar-refractivity contribution in [2.45, 2.75) is 0 Å². The van der Waals surface area contributed by atoms with E-state index in [0.717, 1.165) is 11.3 Å². The van der Waals surface area contributed by atoms with Gasteiger partial charge in [0.15, 0.2) is 0 Å². The third kappa shape index (κ3) is 2.06. The molecule has 0 amide bonds. The van der Waals surface area contributed by atoms with Crippen LogP contribution < -0.4 is 0 Å². The number of nitrogens with zero attached hydrogens (tertiary/aromatic N) is 2. The molecule has 0 aromatic carbocycles. The zero-order valence-corrected chi connectivity index (χ0v) is 8.75. The van der Waals surface area contributed by atoms with Crippen molar-refractivity contribution in [3.63, 3.8) is 0 Å². The average Bonchev–Trinajstić information content (AvgIpc) is 2.39. The number of methoxy groups -OCH3 is 1. The Balaban J connectivity index is 2.40. The van der Waals surface area contributed by atoms with Crippen LogP contribution in [0.25, 0.3) is 11.3 Å². The molecule has 0 spiro atoms. The molecule has 0 aliphatic carbocycles. The predicted molar refractivity (Wildman–Crippen MR) is 58.8 cm³/mol. The zero-order chi connectivity index (χ0) is 11.4. The maximum Gasteiger partial charge on any atom is 0.337 e. The quantitative estimate of drug-likeness (QED) is 0.717. The van der Waals surface area contributed by atoms with E-state index in [1.165, 1.54) is 7.11 Å². The van der Waals surface area contributed by atoms with Gasteiger partial charge in [-0.05, 0) is 24.3 Å². The summed E-state index contributed by atoms with van der Waals surface area (Å²) in [7, 11) is 1.36. The first-order valence-electron chi connectivity index (χ1n) is 4.76. The molecular weight excluding hydrogens is 204 g/mol. The number of carbonyl (C=O) groups is 1. The fourth-order valence-corrected chi connectivity index (χ4v) is 1.36. The first-order chi connectivity index (χ1) is 7.81. The Morgan fingerprint density at radius 3 is 2.62 bits per heavy atom. The van der Waals surface area contributed by atoms with Gasteiger partial charge in [-0.2, -0.15) is 0 Å². The van der Waals surface area contributed by atoms with Gasteiger partial charge in [0.05, 0.1) is 18.4 Å². The van der Waals surface area contributed by atoms with Crippen LogP contribution in [-0.4, -0.2) is 23.0 Å². The van der Waals surface area contributed by atoms with Crippen LogP contribution in [0.3, 0.4) is 0 Å². The van der Waals surface area contributed by atoms with Gasteiger partial charge in [0, 0.05) is 24.2 Å². The van der Waals surface area contributed by atoms with E-state index in [0.29, 0.717) is 5.56 Å². The molecule has 2 heterocycles. The fraction of sp³-hybridized carbons (Fsp3) is 0.0833. The fourth-order valence-electron chi connectivity index (χ4n) is 1.36. The first-order valence-corrected chi connectivity index (χ1v) is 4.76. The van der Waals surface area contributed by atoms with Crippen LogP contribution in [0.5, 0.6) is 0 Å². The molecule has 0 atom stereocenters. The summed E-state index contributed by atoms with van der Waals surface area (Å²) in [5.74, 6) is -0.363. The van der Waals surface area contributed by atoms with Crippen molar-refractivity contribution in [1.82, 2.24) is 9.97 Å². The number of hydrogen-bond acceptors (Lipinski definition) is 4. The van der Waals surface area contributed by atoms with Crippen LogP contribution in [0.2, 0.25) is 0 Å². The molecule has 4 heteroatoms. The molecule has 2 aromatic rings. The zero-order valence-electron chi connectivity index (χ0n) is 8.75. The SMILES string of the molecule is COC(=O)c1ccnc(-c2ccncc2)c1. The third-order valence-electron chi connectivity index (χ3n) is 2.16. The molecule has 0 saturated carbocycles. The largest absolute Gasteiger partial charge is 0.465 e. The molecule has 80 valence electrons. The van der Waals surface area contributed by atoms with Crippen molar-refractivity contribution in [1.29, 1.82) is 0 Å².